The first-order chi connectivity index (χ1) is 15.9. The molecule has 1 amide bonds. The largest absolute Gasteiger partial charge is 0.452 e. The Balaban J connectivity index is 1.34. The van der Waals surface area contributed by atoms with Gasteiger partial charge in [-0.1, -0.05) is 54.1 Å². The summed E-state index contributed by atoms with van der Waals surface area (Å²) in [5, 5.41) is 0.310. The van der Waals surface area contributed by atoms with Gasteiger partial charge in [0, 0.05) is 20.0 Å². The average Bonchev–Trinajstić information content (AvgIpc) is 2.83. The lowest BCUT2D eigenvalue weighted by molar-refractivity contribution is -0.135. The molecule has 1 aliphatic rings. The van der Waals surface area contributed by atoms with Crippen molar-refractivity contribution in [3.8, 4) is 16.9 Å². The minimum Gasteiger partial charge on any atom is -0.452 e. The zero-order valence-corrected chi connectivity index (χ0v) is 18.8. The minimum atomic E-state index is -0.560. The molecule has 0 aromatic heterocycles. The van der Waals surface area contributed by atoms with Gasteiger partial charge in [-0.25, -0.2) is 4.79 Å². The zero-order valence-electron chi connectivity index (χ0n) is 18.0. The summed E-state index contributed by atoms with van der Waals surface area (Å²) in [5.41, 5.74) is 4.35. The Morgan fingerprint density at radius 3 is 2.33 bits per heavy atom. The number of benzene rings is 3. The predicted molar refractivity (Wildman–Crippen MR) is 124 cm³/mol. The van der Waals surface area contributed by atoms with E-state index in [1.54, 1.807) is 47.4 Å². The Labute approximate surface area is 196 Å². The van der Waals surface area contributed by atoms with Crippen molar-refractivity contribution >= 4 is 29.4 Å². The van der Waals surface area contributed by atoms with Crippen molar-refractivity contribution in [1.29, 1.82) is 0 Å². The van der Waals surface area contributed by atoms with Crippen LogP contribution in [0.15, 0.2) is 66.7 Å². The normalized spacial score (nSPS) is 12.6. The van der Waals surface area contributed by atoms with Crippen LogP contribution >= 0.6 is 11.6 Å². The Kier molecular flexibility index (Phi) is 6.75. The fraction of sp³-hybridized carbons (Fsp3) is 0.192. The fourth-order valence-electron chi connectivity index (χ4n) is 3.73. The van der Waals surface area contributed by atoms with Crippen LogP contribution in [0.1, 0.15) is 28.4 Å². The van der Waals surface area contributed by atoms with Crippen LogP contribution in [0, 0.1) is 0 Å². The molecule has 0 bridgehead atoms. The number of ether oxygens (including phenoxy) is 2. The lowest BCUT2D eigenvalue weighted by Crippen LogP contribution is -2.38. The van der Waals surface area contributed by atoms with Crippen molar-refractivity contribution in [2.45, 2.75) is 19.9 Å². The second-order valence-corrected chi connectivity index (χ2v) is 8.13. The molecule has 0 spiro atoms. The third kappa shape index (κ3) is 5.41. The van der Waals surface area contributed by atoms with Crippen LogP contribution < -0.4 is 4.74 Å². The summed E-state index contributed by atoms with van der Waals surface area (Å²) in [4.78, 5) is 37.7. The molecule has 0 atom stereocenters. The third-order valence-corrected chi connectivity index (χ3v) is 5.74. The molecule has 1 heterocycles. The molecule has 33 heavy (non-hydrogen) atoms. The van der Waals surface area contributed by atoms with Crippen LogP contribution in [0.3, 0.4) is 0 Å². The summed E-state index contributed by atoms with van der Waals surface area (Å²) in [6.07, 6.45) is 0.795. The van der Waals surface area contributed by atoms with E-state index in [-0.39, 0.29) is 18.3 Å². The van der Waals surface area contributed by atoms with Gasteiger partial charge in [0.05, 0.1) is 10.6 Å². The second kappa shape index (κ2) is 9.88. The number of nitrogens with zero attached hydrogens (tertiary/aromatic N) is 1. The van der Waals surface area contributed by atoms with Crippen molar-refractivity contribution in [3.63, 3.8) is 0 Å². The molecule has 0 radical (unpaired) electrons. The van der Waals surface area contributed by atoms with Crippen LogP contribution in [-0.2, 0) is 27.3 Å². The molecule has 0 fully saturated rings. The Morgan fingerprint density at radius 1 is 0.939 bits per heavy atom. The van der Waals surface area contributed by atoms with Gasteiger partial charge >= 0.3 is 11.9 Å². The van der Waals surface area contributed by atoms with E-state index in [4.69, 9.17) is 21.1 Å². The molecule has 6 nitrogen and oxygen atoms in total. The second-order valence-electron chi connectivity index (χ2n) is 7.73. The van der Waals surface area contributed by atoms with Crippen LogP contribution in [-0.4, -0.2) is 35.9 Å². The zero-order chi connectivity index (χ0) is 23.4. The summed E-state index contributed by atoms with van der Waals surface area (Å²) in [6, 6.07) is 19.9. The minimum absolute atomic E-state index is 0.211. The van der Waals surface area contributed by atoms with Gasteiger partial charge in [0.1, 0.15) is 5.75 Å². The molecule has 0 aliphatic carbocycles. The van der Waals surface area contributed by atoms with E-state index in [9.17, 15) is 14.4 Å². The van der Waals surface area contributed by atoms with E-state index in [1.165, 1.54) is 12.5 Å². The van der Waals surface area contributed by atoms with E-state index in [2.05, 4.69) is 6.07 Å². The third-order valence-electron chi connectivity index (χ3n) is 5.45. The lowest BCUT2D eigenvalue weighted by Gasteiger charge is -2.28. The lowest BCUT2D eigenvalue weighted by atomic mass is 10.00. The molecule has 0 saturated heterocycles. The molecule has 168 valence electrons. The molecule has 0 unspecified atom stereocenters. The molecule has 0 saturated carbocycles. The number of fused-ring (bicyclic) bond motifs is 1. The molecule has 7 heteroatoms. The Morgan fingerprint density at radius 2 is 1.64 bits per heavy atom. The van der Waals surface area contributed by atoms with Crippen molar-refractivity contribution in [1.82, 2.24) is 4.90 Å². The quantitative estimate of drug-likeness (QED) is 0.406. The Bertz CT molecular complexity index is 1210. The number of halogens is 1. The van der Waals surface area contributed by atoms with Crippen molar-refractivity contribution in [2.75, 3.05) is 13.2 Å². The molecule has 3 aromatic rings. The SMILES string of the molecule is CC(=O)Oc1ccc(-c2ccc(C(=O)OCC(=O)N3CCc4ccccc4C3)cc2)cc1Cl. The molecule has 4 rings (SSSR count). The number of hydrogen-bond acceptors (Lipinski definition) is 5. The summed E-state index contributed by atoms with van der Waals surface area (Å²) in [6.45, 7) is 2.15. The monoisotopic (exact) mass is 463 g/mol. The number of carbonyl (C=O) groups is 3. The van der Waals surface area contributed by atoms with Crippen molar-refractivity contribution in [3.05, 3.63) is 88.4 Å². The molecule has 0 N–H and O–H groups in total. The van der Waals surface area contributed by atoms with Crippen molar-refractivity contribution < 1.29 is 23.9 Å². The van der Waals surface area contributed by atoms with E-state index < -0.39 is 11.9 Å². The summed E-state index contributed by atoms with van der Waals surface area (Å²) < 4.78 is 10.3. The van der Waals surface area contributed by atoms with Gasteiger partial charge in [-0.05, 0) is 52.9 Å². The first-order valence-electron chi connectivity index (χ1n) is 10.5. The van der Waals surface area contributed by atoms with Crippen LogP contribution in [0.25, 0.3) is 11.1 Å². The predicted octanol–water partition coefficient (Wildman–Crippen LogP) is 4.67. The number of esters is 2. The first-order valence-corrected chi connectivity index (χ1v) is 10.9. The number of carbonyl (C=O) groups excluding carboxylic acids is 3. The van der Waals surface area contributed by atoms with Gasteiger partial charge in [-0.3, -0.25) is 9.59 Å². The van der Waals surface area contributed by atoms with E-state index >= 15 is 0 Å². The highest BCUT2D eigenvalue weighted by Crippen LogP contribution is 2.30. The Hall–Kier alpha value is -3.64. The van der Waals surface area contributed by atoms with Gasteiger partial charge in [0.2, 0.25) is 0 Å². The van der Waals surface area contributed by atoms with E-state index in [1.807, 2.05) is 18.2 Å². The van der Waals surface area contributed by atoms with E-state index in [0.29, 0.717) is 23.7 Å². The molecular formula is C26H22ClNO5. The molecule has 1 aliphatic heterocycles. The van der Waals surface area contributed by atoms with Crippen LogP contribution in [0.4, 0.5) is 0 Å². The fourth-order valence-corrected chi connectivity index (χ4v) is 3.95. The average molecular weight is 464 g/mol. The maximum Gasteiger partial charge on any atom is 0.338 e. The number of amides is 1. The highest BCUT2D eigenvalue weighted by molar-refractivity contribution is 6.32. The van der Waals surface area contributed by atoms with Gasteiger partial charge in [-0.15, -0.1) is 0 Å². The van der Waals surface area contributed by atoms with Crippen LogP contribution in [0.2, 0.25) is 5.02 Å². The standard InChI is InChI=1S/C26H22ClNO5/c1-17(29)33-24-11-10-21(14-23(24)27)19-6-8-20(9-7-19)26(31)32-16-25(30)28-13-12-18-4-2-3-5-22(18)15-28/h2-11,14H,12-13,15-16H2,1H3. The van der Waals surface area contributed by atoms with Gasteiger partial charge in [-0.2, -0.15) is 0 Å². The van der Waals surface area contributed by atoms with Gasteiger partial charge in [0.25, 0.3) is 5.91 Å². The summed E-state index contributed by atoms with van der Waals surface area (Å²) in [5.74, 6) is -0.932. The number of rotatable bonds is 5. The first kappa shape index (κ1) is 22.6. The maximum atomic E-state index is 12.5. The molecule has 3 aromatic carbocycles. The molecular weight excluding hydrogens is 442 g/mol. The smallest absolute Gasteiger partial charge is 0.338 e. The van der Waals surface area contributed by atoms with Gasteiger partial charge in [0.15, 0.2) is 6.61 Å². The van der Waals surface area contributed by atoms with E-state index in [0.717, 1.165) is 23.1 Å². The maximum absolute atomic E-state index is 12.5. The van der Waals surface area contributed by atoms with Crippen LogP contribution in [0.5, 0.6) is 5.75 Å². The van der Waals surface area contributed by atoms with Crippen molar-refractivity contribution in [2.24, 2.45) is 0 Å². The topological polar surface area (TPSA) is 72.9 Å². The summed E-state index contributed by atoms with van der Waals surface area (Å²) >= 11 is 6.18. The van der Waals surface area contributed by atoms with Gasteiger partial charge < -0.3 is 14.4 Å². The summed E-state index contributed by atoms with van der Waals surface area (Å²) in [7, 11) is 0. The highest BCUT2D eigenvalue weighted by atomic mass is 35.5. The highest BCUT2D eigenvalue weighted by Gasteiger charge is 2.21. The number of hydrogen-bond donors (Lipinski definition) is 0.